The molecule has 1 saturated carbocycles. The molecule has 1 saturated heterocycles. The zero-order chi connectivity index (χ0) is 39.8. The lowest BCUT2D eigenvalue weighted by Crippen LogP contribution is -2.54. The third kappa shape index (κ3) is 7.35. The van der Waals surface area contributed by atoms with Crippen molar-refractivity contribution in [2.75, 3.05) is 6.61 Å². The van der Waals surface area contributed by atoms with Crippen LogP contribution in [0.25, 0.3) is 32.9 Å². The van der Waals surface area contributed by atoms with E-state index in [0.717, 1.165) is 83.0 Å². The van der Waals surface area contributed by atoms with Gasteiger partial charge in [0.2, 0.25) is 23.6 Å². The van der Waals surface area contributed by atoms with Gasteiger partial charge in [-0.3, -0.25) is 34.4 Å². The van der Waals surface area contributed by atoms with E-state index in [-0.39, 0.29) is 36.2 Å². The Bertz CT molecular complexity index is 2550. The molecule has 6 aromatic rings. The summed E-state index contributed by atoms with van der Waals surface area (Å²) in [6, 6.07) is 20.3. The Balaban J connectivity index is 0.664. The standard InChI is InChI=1S/C45H42N6O7/c1-50-37-17-18-46-26-36(37)33-11-8-28(20-39(33)50)29-9-16-42(48-25-29)58-32-21-31(22-32)57-41-15-7-27(24-47-41)6-4-2-3-5-19-56-30-10-12-34-35(23-30)45(55)51(44(34)54)38-13-14-40(52)49-43(38)53/h7-12,15-18,20,23-26,31-32,38H,2-6,13-14,19,21-22H2,1H3,(H,49,52,53)/t31-,32+,38?. The van der Waals surface area contributed by atoms with Gasteiger partial charge in [0.05, 0.1) is 23.3 Å². The third-order valence-corrected chi connectivity index (χ3v) is 11.3. The fourth-order valence-corrected chi connectivity index (χ4v) is 8.05. The SMILES string of the molecule is Cn1c2ccncc2c2ccc(-c3ccc(O[C@H]4C[C@@H](Oc5ccc(CCCCCCOc6ccc7c(c6)C(=O)N(C6CCC(=O)NC6=O)C7=O)cn5)C4)nc3)cc21. The Labute approximate surface area is 334 Å². The number of unbranched alkanes of at least 4 members (excludes halogenated alkanes) is 3. The number of piperidine rings is 1. The zero-order valence-electron chi connectivity index (χ0n) is 32.1. The summed E-state index contributed by atoms with van der Waals surface area (Å²) < 4.78 is 20.3. The van der Waals surface area contributed by atoms with Crippen molar-refractivity contribution in [3.63, 3.8) is 0 Å². The van der Waals surface area contributed by atoms with Gasteiger partial charge in [0.1, 0.15) is 24.0 Å². The molecule has 2 fully saturated rings. The number of aryl methyl sites for hydroxylation is 2. The van der Waals surface area contributed by atoms with Crippen LogP contribution in [0.15, 0.2) is 91.5 Å². The van der Waals surface area contributed by atoms with E-state index in [2.05, 4.69) is 62.2 Å². The predicted octanol–water partition coefficient (Wildman–Crippen LogP) is 6.76. The van der Waals surface area contributed by atoms with E-state index in [1.807, 2.05) is 43.0 Å². The van der Waals surface area contributed by atoms with Gasteiger partial charge in [0.25, 0.3) is 11.8 Å². The number of rotatable bonds is 14. The van der Waals surface area contributed by atoms with Crippen LogP contribution in [0.5, 0.6) is 17.5 Å². The normalized spacial score (nSPS) is 19.0. The maximum Gasteiger partial charge on any atom is 0.262 e. The largest absolute Gasteiger partial charge is 0.494 e. The molecule has 2 aromatic carbocycles. The molecule has 13 heteroatoms. The molecule has 58 heavy (non-hydrogen) atoms. The van der Waals surface area contributed by atoms with Gasteiger partial charge in [-0.05, 0) is 73.2 Å². The number of nitrogens with one attached hydrogen (secondary N) is 1. The van der Waals surface area contributed by atoms with Gasteiger partial charge in [-0.15, -0.1) is 0 Å². The van der Waals surface area contributed by atoms with E-state index in [1.54, 1.807) is 18.2 Å². The molecule has 3 aliphatic rings. The van der Waals surface area contributed by atoms with Crippen molar-refractivity contribution in [2.45, 2.75) is 76.0 Å². The molecule has 1 N–H and O–H groups in total. The Morgan fingerprint density at radius 2 is 1.48 bits per heavy atom. The maximum absolute atomic E-state index is 13.1. The van der Waals surface area contributed by atoms with E-state index >= 15 is 0 Å². The van der Waals surface area contributed by atoms with Gasteiger partial charge in [0, 0.05) is 85.1 Å². The molecule has 9 rings (SSSR count). The van der Waals surface area contributed by atoms with E-state index < -0.39 is 29.7 Å². The highest BCUT2D eigenvalue weighted by molar-refractivity contribution is 6.23. The molecular weight excluding hydrogens is 737 g/mol. The van der Waals surface area contributed by atoms with Crippen LogP contribution in [0.2, 0.25) is 0 Å². The second kappa shape index (κ2) is 15.7. The lowest BCUT2D eigenvalue weighted by molar-refractivity contribution is -0.136. The first kappa shape index (κ1) is 37.0. The smallest absolute Gasteiger partial charge is 0.262 e. The second-order valence-electron chi connectivity index (χ2n) is 15.2. The number of pyridine rings is 3. The maximum atomic E-state index is 13.1. The predicted molar refractivity (Wildman–Crippen MR) is 215 cm³/mol. The van der Waals surface area contributed by atoms with Crippen molar-refractivity contribution >= 4 is 45.4 Å². The fraction of sp³-hybridized carbons (Fsp3) is 0.311. The van der Waals surface area contributed by atoms with Gasteiger partial charge in [-0.2, -0.15) is 0 Å². The average Bonchev–Trinajstić information content (AvgIpc) is 3.65. The summed E-state index contributed by atoms with van der Waals surface area (Å²) in [5.74, 6) is -0.383. The highest BCUT2D eigenvalue weighted by Gasteiger charge is 2.44. The number of aromatic nitrogens is 4. The first-order valence-corrected chi connectivity index (χ1v) is 19.8. The quantitative estimate of drug-likeness (QED) is 0.0927. The minimum atomic E-state index is -0.989. The molecule has 1 unspecified atom stereocenters. The lowest BCUT2D eigenvalue weighted by Gasteiger charge is -2.34. The molecule has 2 aliphatic heterocycles. The van der Waals surface area contributed by atoms with Crippen LogP contribution in [-0.2, 0) is 23.1 Å². The second-order valence-corrected chi connectivity index (χ2v) is 15.2. The van der Waals surface area contributed by atoms with Crippen molar-refractivity contribution in [3.05, 3.63) is 108 Å². The Kier molecular flexibility index (Phi) is 10.0. The summed E-state index contributed by atoms with van der Waals surface area (Å²) in [5, 5.41) is 4.54. The minimum Gasteiger partial charge on any atom is -0.494 e. The average molecular weight is 779 g/mol. The molecule has 13 nitrogen and oxygen atoms in total. The monoisotopic (exact) mass is 778 g/mol. The van der Waals surface area contributed by atoms with Gasteiger partial charge in [0.15, 0.2) is 0 Å². The molecule has 1 aliphatic carbocycles. The summed E-state index contributed by atoms with van der Waals surface area (Å²) in [5.41, 5.74) is 6.05. The topological polar surface area (TPSA) is 155 Å². The molecule has 0 bridgehead atoms. The van der Waals surface area contributed by atoms with Crippen molar-refractivity contribution in [1.29, 1.82) is 0 Å². The van der Waals surface area contributed by atoms with Crippen molar-refractivity contribution in [2.24, 2.45) is 7.05 Å². The first-order chi connectivity index (χ1) is 28.3. The number of hydrogen-bond donors (Lipinski definition) is 1. The number of carbonyl (C=O) groups excluding carboxylic acids is 4. The summed E-state index contributed by atoms with van der Waals surface area (Å²) in [7, 11) is 2.08. The van der Waals surface area contributed by atoms with Crippen LogP contribution in [0.1, 0.15) is 77.6 Å². The number of hydrogen-bond acceptors (Lipinski definition) is 10. The lowest BCUT2D eigenvalue weighted by atomic mass is 9.92. The van der Waals surface area contributed by atoms with Crippen LogP contribution in [0, 0.1) is 0 Å². The number of amides is 4. The number of fused-ring (bicyclic) bond motifs is 4. The molecule has 0 radical (unpaired) electrons. The van der Waals surface area contributed by atoms with Crippen molar-refractivity contribution in [3.8, 4) is 28.6 Å². The molecule has 294 valence electrons. The van der Waals surface area contributed by atoms with Crippen LogP contribution < -0.4 is 19.5 Å². The van der Waals surface area contributed by atoms with Crippen molar-refractivity contribution < 1.29 is 33.4 Å². The van der Waals surface area contributed by atoms with Crippen LogP contribution in [0.4, 0.5) is 0 Å². The van der Waals surface area contributed by atoms with E-state index in [9.17, 15) is 19.2 Å². The Morgan fingerprint density at radius 1 is 0.724 bits per heavy atom. The molecular formula is C45H42N6O7. The highest BCUT2D eigenvalue weighted by atomic mass is 16.5. The highest BCUT2D eigenvalue weighted by Crippen LogP contribution is 2.34. The van der Waals surface area contributed by atoms with Crippen LogP contribution in [-0.4, -0.2) is 72.9 Å². The molecule has 4 amide bonds. The fourth-order valence-electron chi connectivity index (χ4n) is 8.05. The summed E-state index contributed by atoms with van der Waals surface area (Å²) in [6.45, 7) is 0.476. The number of carbonyl (C=O) groups is 4. The van der Waals surface area contributed by atoms with Gasteiger partial charge in [-0.25, -0.2) is 9.97 Å². The van der Waals surface area contributed by atoms with E-state index in [4.69, 9.17) is 14.2 Å². The number of nitrogens with zero attached hydrogens (tertiary/aromatic N) is 5. The van der Waals surface area contributed by atoms with Gasteiger partial charge in [-0.1, -0.05) is 31.0 Å². The molecule has 4 aromatic heterocycles. The molecule has 6 heterocycles. The Hall–Kier alpha value is -6.63. The van der Waals surface area contributed by atoms with E-state index in [1.165, 1.54) is 5.39 Å². The summed E-state index contributed by atoms with van der Waals surface area (Å²) in [6.07, 6.45) is 14.1. The number of benzene rings is 2. The molecule has 0 spiro atoms. The number of imide groups is 2. The van der Waals surface area contributed by atoms with Gasteiger partial charge < -0.3 is 18.8 Å². The minimum absolute atomic E-state index is 0.0508. The Morgan fingerprint density at radius 3 is 2.24 bits per heavy atom. The van der Waals surface area contributed by atoms with Crippen molar-refractivity contribution in [1.82, 2.24) is 29.7 Å². The van der Waals surface area contributed by atoms with E-state index in [0.29, 0.717) is 24.1 Å². The van der Waals surface area contributed by atoms with Gasteiger partial charge >= 0.3 is 0 Å². The first-order valence-electron chi connectivity index (χ1n) is 19.8. The zero-order valence-corrected chi connectivity index (χ0v) is 32.1. The summed E-state index contributed by atoms with van der Waals surface area (Å²) in [4.78, 5) is 64.2. The molecule has 1 atom stereocenters. The third-order valence-electron chi connectivity index (χ3n) is 11.3. The van der Waals surface area contributed by atoms with Crippen LogP contribution >= 0.6 is 0 Å². The number of ether oxygens (including phenoxy) is 3. The van der Waals surface area contributed by atoms with Crippen LogP contribution in [0.3, 0.4) is 0 Å². The summed E-state index contributed by atoms with van der Waals surface area (Å²) >= 11 is 0.